The zero-order chi connectivity index (χ0) is 23.2. The minimum absolute atomic E-state index is 0.159. The van der Waals surface area contributed by atoms with E-state index >= 15 is 0 Å². The van der Waals surface area contributed by atoms with Crippen LogP contribution in [0.1, 0.15) is 54.9 Å². The van der Waals surface area contributed by atoms with Crippen LogP contribution in [0.25, 0.3) is 11.3 Å². The van der Waals surface area contributed by atoms with E-state index < -0.39 is 0 Å². The quantitative estimate of drug-likeness (QED) is 0.356. The summed E-state index contributed by atoms with van der Waals surface area (Å²) in [6.45, 7) is 3.32. The normalized spacial score (nSPS) is 16.6. The molecule has 6 nitrogen and oxygen atoms in total. The Labute approximate surface area is 199 Å². The van der Waals surface area contributed by atoms with E-state index in [1.54, 1.807) is 6.20 Å². The third kappa shape index (κ3) is 5.45. The average molecular weight is 454 g/mol. The van der Waals surface area contributed by atoms with E-state index in [0.29, 0.717) is 6.54 Å². The van der Waals surface area contributed by atoms with Gasteiger partial charge >= 0.3 is 0 Å². The number of hydrogen-bond donors (Lipinski definition) is 0. The molecule has 0 amide bonds. The summed E-state index contributed by atoms with van der Waals surface area (Å²) in [7, 11) is 0. The molecule has 172 valence electrons. The van der Waals surface area contributed by atoms with E-state index in [0.717, 1.165) is 59.8 Å². The smallest absolute Gasteiger partial charge is 0.167 e. The van der Waals surface area contributed by atoms with Crippen LogP contribution < -0.4 is 0 Å². The summed E-state index contributed by atoms with van der Waals surface area (Å²) in [5.41, 5.74) is 3.73. The predicted octanol–water partition coefficient (Wildman–Crippen LogP) is 5.59. The van der Waals surface area contributed by atoms with Gasteiger partial charge in [0.15, 0.2) is 12.1 Å². The van der Waals surface area contributed by atoms with Gasteiger partial charge in [0.1, 0.15) is 17.6 Å². The van der Waals surface area contributed by atoms with Crippen molar-refractivity contribution in [3.63, 3.8) is 0 Å². The van der Waals surface area contributed by atoms with Gasteiger partial charge in [-0.15, -0.1) is 0 Å². The number of aromatic nitrogens is 3. The molecule has 5 rings (SSSR count). The van der Waals surface area contributed by atoms with Crippen LogP contribution in [0.2, 0.25) is 0 Å². The molecule has 2 aromatic heterocycles. The lowest BCUT2D eigenvalue weighted by Gasteiger charge is -2.26. The van der Waals surface area contributed by atoms with E-state index in [-0.39, 0.29) is 12.4 Å². The maximum absolute atomic E-state index is 6.09. The Balaban J connectivity index is 1.24. The van der Waals surface area contributed by atoms with Crippen LogP contribution >= 0.6 is 0 Å². The Morgan fingerprint density at radius 1 is 1.06 bits per heavy atom. The lowest BCUT2D eigenvalue weighted by atomic mass is 10.1. The number of hydrogen-bond acceptors (Lipinski definition) is 5. The van der Waals surface area contributed by atoms with Gasteiger partial charge in [0.05, 0.1) is 6.54 Å². The highest BCUT2D eigenvalue weighted by atomic mass is 16.7. The van der Waals surface area contributed by atoms with E-state index in [1.165, 1.54) is 0 Å². The van der Waals surface area contributed by atoms with E-state index in [2.05, 4.69) is 22.0 Å². The lowest BCUT2D eigenvalue weighted by Crippen LogP contribution is -2.24. The zero-order valence-corrected chi connectivity index (χ0v) is 19.2. The molecule has 0 saturated carbocycles. The fraction of sp³-hybridized carbons (Fsp3) is 0.286. The highest BCUT2D eigenvalue weighted by Gasteiger charge is 2.21. The molecule has 1 saturated heterocycles. The monoisotopic (exact) mass is 453 g/mol. The van der Waals surface area contributed by atoms with E-state index in [4.69, 9.17) is 14.0 Å². The van der Waals surface area contributed by atoms with Gasteiger partial charge in [-0.2, -0.15) is 0 Å². The van der Waals surface area contributed by atoms with Crippen LogP contribution in [0.5, 0.6) is 0 Å². The highest BCUT2D eigenvalue weighted by Crippen LogP contribution is 2.25. The summed E-state index contributed by atoms with van der Waals surface area (Å²) in [5.74, 6) is 7.94. The van der Waals surface area contributed by atoms with Crippen LogP contribution in [0, 0.1) is 11.8 Å². The van der Waals surface area contributed by atoms with Crippen LogP contribution in [-0.2, 0) is 16.0 Å². The van der Waals surface area contributed by atoms with Crippen LogP contribution in [0.15, 0.2) is 77.6 Å². The van der Waals surface area contributed by atoms with Crippen molar-refractivity contribution < 1.29 is 14.0 Å². The highest BCUT2D eigenvalue weighted by molar-refractivity contribution is 5.59. The van der Waals surface area contributed by atoms with Crippen molar-refractivity contribution in [2.45, 2.75) is 45.1 Å². The first-order chi connectivity index (χ1) is 16.7. The number of rotatable bonds is 6. The molecular weight excluding hydrogens is 426 g/mol. The molecule has 0 bridgehead atoms. The Bertz CT molecular complexity index is 1260. The second-order valence-corrected chi connectivity index (χ2v) is 8.36. The zero-order valence-electron chi connectivity index (χ0n) is 19.2. The second kappa shape index (κ2) is 10.5. The fourth-order valence-electron chi connectivity index (χ4n) is 4.00. The number of benzene rings is 2. The molecule has 3 heterocycles. The Hall–Kier alpha value is -3.66. The summed E-state index contributed by atoms with van der Waals surface area (Å²) in [4.78, 5) is 4.50. The van der Waals surface area contributed by atoms with Gasteiger partial charge in [-0.3, -0.25) is 0 Å². The van der Waals surface area contributed by atoms with Crippen LogP contribution in [0.3, 0.4) is 0 Å². The first-order valence-corrected chi connectivity index (χ1v) is 11.7. The summed E-state index contributed by atoms with van der Waals surface area (Å²) in [6.07, 6.45) is 6.55. The predicted molar refractivity (Wildman–Crippen MR) is 129 cm³/mol. The van der Waals surface area contributed by atoms with Gasteiger partial charge in [0.25, 0.3) is 0 Å². The van der Waals surface area contributed by atoms with Crippen molar-refractivity contribution in [3.05, 3.63) is 95.7 Å². The number of imidazole rings is 1. The van der Waals surface area contributed by atoms with Crippen molar-refractivity contribution >= 4 is 0 Å². The molecule has 0 radical (unpaired) electrons. The Morgan fingerprint density at radius 2 is 1.85 bits per heavy atom. The summed E-state index contributed by atoms with van der Waals surface area (Å²) in [5, 5.41) is 4.26. The second-order valence-electron chi connectivity index (χ2n) is 8.36. The molecule has 0 spiro atoms. The lowest BCUT2D eigenvalue weighted by molar-refractivity contribution is -0.188. The van der Waals surface area contributed by atoms with Crippen LogP contribution in [-0.4, -0.2) is 27.6 Å². The minimum Gasteiger partial charge on any atom is -0.356 e. The van der Waals surface area contributed by atoms with E-state index in [9.17, 15) is 0 Å². The molecule has 4 aromatic rings. The van der Waals surface area contributed by atoms with Gasteiger partial charge in [0, 0.05) is 41.8 Å². The van der Waals surface area contributed by atoms with Crippen molar-refractivity contribution in [1.82, 2.24) is 14.7 Å². The topological polar surface area (TPSA) is 62.3 Å². The molecule has 2 atom stereocenters. The van der Waals surface area contributed by atoms with Gasteiger partial charge in [-0.1, -0.05) is 35.2 Å². The molecule has 0 N–H and O–H groups in total. The maximum atomic E-state index is 6.09. The van der Waals surface area contributed by atoms with Crippen molar-refractivity contribution in [2.75, 3.05) is 6.61 Å². The molecular formula is C28H27N3O3. The maximum Gasteiger partial charge on any atom is 0.167 e. The molecule has 2 aromatic carbocycles. The number of nitrogens with zero attached hydrogens (tertiary/aromatic N) is 3. The first kappa shape index (κ1) is 22.1. The van der Waals surface area contributed by atoms with Gasteiger partial charge in [0.2, 0.25) is 0 Å². The molecule has 1 aliphatic rings. The third-order valence-electron chi connectivity index (χ3n) is 5.79. The van der Waals surface area contributed by atoms with Crippen molar-refractivity contribution in [2.24, 2.45) is 0 Å². The summed E-state index contributed by atoms with van der Waals surface area (Å²) < 4.78 is 19.5. The Kier molecular flexibility index (Phi) is 6.85. The third-order valence-corrected chi connectivity index (χ3v) is 5.79. The molecule has 1 fully saturated rings. The van der Waals surface area contributed by atoms with Gasteiger partial charge < -0.3 is 18.6 Å². The summed E-state index contributed by atoms with van der Waals surface area (Å²) in [6, 6.07) is 19.9. The number of ether oxygens (including phenoxy) is 2. The molecule has 1 aliphatic heterocycles. The van der Waals surface area contributed by atoms with Crippen molar-refractivity contribution in [3.8, 4) is 23.2 Å². The summed E-state index contributed by atoms with van der Waals surface area (Å²) >= 11 is 0. The molecule has 1 unspecified atom stereocenters. The molecule has 34 heavy (non-hydrogen) atoms. The van der Waals surface area contributed by atoms with Crippen molar-refractivity contribution in [1.29, 1.82) is 0 Å². The average Bonchev–Trinajstić information content (AvgIpc) is 3.55. The van der Waals surface area contributed by atoms with Crippen LogP contribution in [0.4, 0.5) is 0 Å². The van der Waals surface area contributed by atoms with Gasteiger partial charge in [-0.05, 0) is 62.6 Å². The largest absolute Gasteiger partial charge is 0.356 e. The fourth-order valence-corrected chi connectivity index (χ4v) is 4.00. The first-order valence-electron chi connectivity index (χ1n) is 11.7. The van der Waals surface area contributed by atoms with Gasteiger partial charge in [-0.25, -0.2) is 4.98 Å². The molecule has 0 aliphatic carbocycles. The van der Waals surface area contributed by atoms with E-state index in [1.807, 2.05) is 78.4 Å². The minimum atomic E-state index is -0.172. The Morgan fingerprint density at radius 3 is 2.62 bits per heavy atom. The molecule has 6 heteroatoms. The SMILES string of the molecule is C[C@H](OC1CCCCO1)c1nccn1Cc1cc(-c2ccc(C#Cc3ccccc3)cc2)on1. The standard InChI is InChI=1S/C28H27N3O3/c1-21(33-27-9-5-6-18-32-27)28-29-16-17-31(28)20-25-19-26(34-30-25)24-14-12-23(13-15-24)11-10-22-7-3-2-4-8-22/h2-4,7-8,12-17,19,21,27H,5-6,9,18,20H2,1H3/t21-,27?/m0/s1.